The fourth-order valence-electron chi connectivity index (χ4n) is 4.86. The standard InChI is InChI=1S/C31H27NO5/c1-19-15-23(29-26(16-19)28(30(33)34)25-5-3-4-6-27(25)32-29)17-20-9-13-24(14-10-20)37-18-21-7-11-22(12-8-21)31(35)36-2/h3-14,17,19H,15-16,18H2,1-2H3,(H,33,34). The summed E-state index contributed by atoms with van der Waals surface area (Å²) in [5.41, 5.74) is 6.14. The van der Waals surface area contributed by atoms with Crippen LogP contribution in [-0.2, 0) is 17.8 Å². The molecule has 186 valence electrons. The number of aromatic nitrogens is 1. The van der Waals surface area contributed by atoms with Gasteiger partial charge in [-0.3, -0.25) is 0 Å². The number of carboxylic acids is 1. The minimum Gasteiger partial charge on any atom is -0.489 e. The van der Waals surface area contributed by atoms with Crippen molar-refractivity contribution in [2.45, 2.75) is 26.4 Å². The normalized spacial score (nSPS) is 15.8. The number of hydrogen-bond donors (Lipinski definition) is 1. The van der Waals surface area contributed by atoms with Crippen molar-refractivity contribution in [1.29, 1.82) is 0 Å². The molecule has 0 amide bonds. The molecule has 4 aromatic rings. The van der Waals surface area contributed by atoms with E-state index in [0.717, 1.165) is 40.1 Å². The molecule has 0 aliphatic heterocycles. The molecule has 0 saturated carbocycles. The van der Waals surface area contributed by atoms with Gasteiger partial charge in [0.2, 0.25) is 0 Å². The first-order valence-electron chi connectivity index (χ1n) is 12.2. The third kappa shape index (κ3) is 5.09. The first kappa shape index (κ1) is 24.3. The summed E-state index contributed by atoms with van der Waals surface area (Å²) in [6.45, 7) is 2.52. The van der Waals surface area contributed by atoms with E-state index in [1.807, 2.05) is 60.7 Å². The van der Waals surface area contributed by atoms with Gasteiger partial charge in [-0.25, -0.2) is 14.6 Å². The molecule has 6 nitrogen and oxygen atoms in total. The number of nitrogens with zero attached hydrogens (tertiary/aromatic N) is 1. The van der Waals surface area contributed by atoms with Gasteiger partial charge in [-0.15, -0.1) is 0 Å². The van der Waals surface area contributed by atoms with Gasteiger partial charge >= 0.3 is 11.9 Å². The van der Waals surface area contributed by atoms with Crippen LogP contribution in [0.5, 0.6) is 5.75 Å². The van der Waals surface area contributed by atoms with Gasteiger partial charge in [-0.1, -0.05) is 49.4 Å². The van der Waals surface area contributed by atoms with Gasteiger partial charge < -0.3 is 14.6 Å². The van der Waals surface area contributed by atoms with Gasteiger partial charge in [0, 0.05) is 5.39 Å². The Labute approximate surface area is 215 Å². The Kier molecular flexibility index (Phi) is 6.73. The van der Waals surface area contributed by atoms with Crippen LogP contribution < -0.4 is 4.74 Å². The molecule has 1 aromatic heterocycles. The third-order valence-corrected chi connectivity index (χ3v) is 6.63. The summed E-state index contributed by atoms with van der Waals surface area (Å²) in [4.78, 5) is 28.7. The van der Waals surface area contributed by atoms with Gasteiger partial charge in [0.25, 0.3) is 0 Å². The van der Waals surface area contributed by atoms with Crippen LogP contribution in [0.2, 0.25) is 0 Å². The lowest BCUT2D eigenvalue weighted by Gasteiger charge is -2.26. The number of rotatable bonds is 6. The summed E-state index contributed by atoms with van der Waals surface area (Å²) >= 11 is 0. The Morgan fingerprint density at radius 1 is 1.00 bits per heavy atom. The van der Waals surface area contributed by atoms with Crippen LogP contribution >= 0.6 is 0 Å². The predicted octanol–water partition coefficient (Wildman–Crippen LogP) is 6.42. The Morgan fingerprint density at radius 3 is 2.43 bits per heavy atom. The number of carboxylic acid groups (broad SMARTS) is 1. The monoisotopic (exact) mass is 493 g/mol. The van der Waals surface area contributed by atoms with Crippen LogP contribution in [0.3, 0.4) is 0 Å². The summed E-state index contributed by atoms with van der Waals surface area (Å²) in [7, 11) is 1.36. The molecular weight excluding hydrogens is 466 g/mol. The number of methoxy groups -OCH3 is 1. The Balaban J connectivity index is 1.38. The van der Waals surface area contributed by atoms with E-state index in [1.54, 1.807) is 12.1 Å². The van der Waals surface area contributed by atoms with Gasteiger partial charge in [-0.2, -0.15) is 0 Å². The molecule has 1 N–H and O–H groups in total. The topological polar surface area (TPSA) is 85.7 Å². The van der Waals surface area contributed by atoms with Crippen LogP contribution in [0.1, 0.15) is 56.4 Å². The molecular formula is C31H27NO5. The highest BCUT2D eigenvalue weighted by molar-refractivity contribution is 6.06. The zero-order valence-electron chi connectivity index (χ0n) is 20.7. The highest BCUT2D eigenvalue weighted by Crippen LogP contribution is 2.38. The van der Waals surface area contributed by atoms with E-state index in [0.29, 0.717) is 41.0 Å². The number of fused-ring (bicyclic) bond motifs is 2. The molecule has 3 aromatic carbocycles. The lowest BCUT2D eigenvalue weighted by Crippen LogP contribution is -2.17. The van der Waals surface area contributed by atoms with Gasteiger partial charge in [-0.05, 0) is 77.4 Å². The van der Waals surface area contributed by atoms with E-state index in [9.17, 15) is 14.7 Å². The number of hydrogen-bond acceptors (Lipinski definition) is 5. The molecule has 1 aliphatic carbocycles. The van der Waals surface area contributed by atoms with Crippen molar-refractivity contribution in [2.24, 2.45) is 5.92 Å². The van der Waals surface area contributed by atoms with Crippen molar-refractivity contribution in [3.8, 4) is 5.75 Å². The Morgan fingerprint density at radius 2 is 1.73 bits per heavy atom. The average Bonchev–Trinajstić information content (AvgIpc) is 2.91. The second-order valence-corrected chi connectivity index (χ2v) is 9.37. The number of carbonyl (C=O) groups is 2. The number of para-hydroxylation sites is 1. The number of benzene rings is 3. The maximum Gasteiger partial charge on any atom is 0.337 e. The minimum absolute atomic E-state index is 0.313. The number of ether oxygens (including phenoxy) is 2. The number of carbonyl (C=O) groups excluding carboxylic acids is 1. The smallest absolute Gasteiger partial charge is 0.337 e. The van der Waals surface area contributed by atoms with Crippen molar-refractivity contribution in [1.82, 2.24) is 4.98 Å². The van der Waals surface area contributed by atoms with E-state index >= 15 is 0 Å². The van der Waals surface area contributed by atoms with Gasteiger partial charge in [0.05, 0.1) is 29.4 Å². The molecule has 0 bridgehead atoms. The largest absolute Gasteiger partial charge is 0.489 e. The van der Waals surface area contributed by atoms with Crippen LogP contribution in [0.15, 0.2) is 72.8 Å². The predicted molar refractivity (Wildman–Crippen MR) is 143 cm³/mol. The number of esters is 1. The molecule has 5 rings (SSSR count). The molecule has 1 unspecified atom stereocenters. The molecule has 1 heterocycles. The average molecular weight is 494 g/mol. The van der Waals surface area contributed by atoms with Gasteiger partial charge in [0.1, 0.15) is 12.4 Å². The third-order valence-electron chi connectivity index (χ3n) is 6.63. The van der Waals surface area contributed by atoms with Crippen LogP contribution in [0, 0.1) is 5.92 Å². The first-order chi connectivity index (χ1) is 17.9. The summed E-state index contributed by atoms with van der Waals surface area (Å²) < 4.78 is 10.6. The maximum absolute atomic E-state index is 12.2. The van der Waals surface area contributed by atoms with E-state index in [2.05, 4.69) is 13.0 Å². The second-order valence-electron chi connectivity index (χ2n) is 9.37. The Bertz CT molecular complexity index is 1500. The second kappa shape index (κ2) is 10.3. The van der Waals surface area contributed by atoms with Crippen molar-refractivity contribution in [3.05, 3.63) is 106 Å². The highest BCUT2D eigenvalue weighted by atomic mass is 16.5. The molecule has 0 spiro atoms. The SMILES string of the molecule is COC(=O)c1ccc(COc2ccc(C=C3CC(C)Cc4c3nc3ccccc3c4C(=O)O)cc2)cc1. The molecule has 0 saturated heterocycles. The summed E-state index contributed by atoms with van der Waals surface area (Å²) in [5.74, 6) is -0.235. The van der Waals surface area contributed by atoms with Gasteiger partial charge in [0.15, 0.2) is 0 Å². The molecule has 6 heteroatoms. The van der Waals surface area contributed by atoms with Crippen LogP contribution in [-0.4, -0.2) is 29.1 Å². The van der Waals surface area contributed by atoms with Crippen molar-refractivity contribution >= 4 is 34.5 Å². The minimum atomic E-state index is -0.912. The van der Waals surface area contributed by atoms with E-state index in [4.69, 9.17) is 14.5 Å². The van der Waals surface area contributed by atoms with E-state index in [1.165, 1.54) is 7.11 Å². The summed E-state index contributed by atoms with van der Waals surface area (Å²) in [6, 6.07) is 22.4. The quantitative estimate of drug-likeness (QED) is 0.312. The highest BCUT2D eigenvalue weighted by Gasteiger charge is 2.27. The molecule has 1 aliphatic rings. The molecule has 0 fully saturated rings. The zero-order chi connectivity index (χ0) is 25.9. The molecule has 0 radical (unpaired) electrons. The number of aromatic carboxylic acids is 1. The fraction of sp³-hybridized carbons (Fsp3) is 0.194. The zero-order valence-corrected chi connectivity index (χ0v) is 20.7. The molecule has 37 heavy (non-hydrogen) atoms. The van der Waals surface area contributed by atoms with E-state index in [-0.39, 0.29) is 5.97 Å². The fourth-order valence-corrected chi connectivity index (χ4v) is 4.86. The number of allylic oxidation sites excluding steroid dienone is 1. The van der Waals surface area contributed by atoms with Crippen molar-refractivity contribution in [3.63, 3.8) is 0 Å². The van der Waals surface area contributed by atoms with Crippen molar-refractivity contribution in [2.75, 3.05) is 7.11 Å². The van der Waals surface area contributed by atoms with Crippen LogP contribution in [0.25, 0.3) is 22.6 Å². The number of pyridine rings is 1. The lowest BCUT2D eigenvalue weighted by atomic mass is 9.80. The van der Waals surface area contributed by atoms with Crippen LogP contribution in [0.4, 0.5) is 0 Å². The summed E-state index contributed by atoms with van der Waals surface area (Å²) in [6.07, 6.45) is 3.62. The summed E-state index contributed by atoms with van der Waals surface area (Å²) in [5, 5.41) is 10.7. The lowest BCUT2D eigenvalue weighted by molar-refractivity contribution is 0.0599. The Hall–Kier alpha value is -4.45. The first-order valence-corrected chi connectivity index (χ1v) is 12.2. The molecule has 1 atom stereocenters. The van der Waals surface area contributed by atoms with E-state index < -0.39 is 5.97 Å². The maximum atomic E-state index is 12.2. The van der Waals surface area contributed by atoms with Crippen molar-refractivity contribution < 1.29 is 24.2 Å².